The summed E-state index contributed by atoms with van der Waals surface area (Å²) >= 11 is 0. The number of aromatic carboxylic acids is 1. The van der Waals surface area contributed by atoms with Crippen molar-refractivity contribution < 1.29 is 19.7 Å². The van der Waals surface area contributed by atoms with Crippen LogP contribution >= 0.6 is 0 Å². The summed E-state index contributed by atoms with van der Waals surface area (Å²) in [4.78, 5) is 14.1. The molecule has 5 nitrogen and oxygen atoms in total. The van der Waals surface area contributed by atoms with Crippen LogP contribution in [-0.2, 0) is 6.61 Å². The number of phenolic OH excluding ortho intramolecular Hbond substituents is 1. The molecule has 106 valence electrons. The molecule has 0 saturated carbocycles. The summed E-state index contributed by atoms with van der Waals surface area (Å²) < 4.78 is 5.57. The molecule has 2 aromatic carbocycles. The molecule has 0 unspecified atom stereocenters. The zero-order chi connectivity index (χ0) is 14.8. The number of aromatic hydroxyl groups is 1. The fourth-order valence-electron chi connectivity index (χ4n) is 2.13. The maximum absolute atomic E-state index is 10.9. The summed E-state index contributed by atoms with van der Waals surface area (Å²) in [5.41, 5.74) is 1.82. The van der Waals surface area contributed by atoms with Gasteiger partial charge in [0.05, 0.1) is 11.3 Å². The van der Waals surface area contributed by atoms with Crippen LogP contribution in [0.5, 0.6) is 11.5 Å². The van der Waals surface area contributed by atoms with E-state index in [2.05, 4.69) is 4.98 Å². The highest BCUT2D eigenvalue weighted by Gasteiger charge is 2.07. The van der Waals surface area contributed by atoms with Gasteiger partial charge in [0, 0.05) is 11.6 Å². The first kappa shape index (κ1) is 13.1. The third-order valence-corrected chi connectivity index (χ3v) is 3.14. The first-order chi connectivity index (χ1) is 10.1. The Hall–Kier alpha value is -2.95. The number of benzene rings is 2. The molecular weight excluding hydrogens is 270 g/mol. The largest absolute Gasteiger partial charge is 0.508 e. The van der Waals surface area contributed by atoms with Crippen molar-refractivity contribution in [2.45, 2.75) is 6.61 Å². The molecule has 5 heteroatoms. The molecule has 0 aliphatic heterocycles. The predicted molar refractivity (Wildman–Crippen MR) is 77.7 cm³/mol. The quantitative estimate of drug-likeness (QED) is 0.687. The van der Waals surface area contributed by atoms with E-state index in [0.717, 1.165) is 16.6 Å². The van der Waals surface area contributed by atoms with E-state index in [-0.39, 0.29) is 11.3 Å². The zero-order valence-corrected chi connectivity index (χ0v) is 11.0. The topological polar surface area (TPSA) is 82.6 Å². The molecule has 3 aromatic rings. The number of hydrogen-bond acceptors (Lipinski definition) is 3. The lowest BCUT2D eigenvalue weighted by molar-refractivity contribution is 0.0697. The van der Waals surface area contributed by atoms with Crippen molar-refractivity contribution in [2.24, 2.45) is 0 Å². The second-order valence-electron chi connectivity index (χ2n) is 4.69. The van der Waals surface area contributed by atoms with Gasteiger partial charge < -0.3 is 19.9 Å². The van der Waals surface area contributed by atoms with Gasteiger partial charge >= 0.3 is 5.97 Å². The highest BCUT2D eigenvalue weighted by molar-refractivity contribution is 5.93. The Balaban J connectivity index is 1.80. The minimum atomic E-state index is -0.955. The number of fused-ring (bicyclic) bond motifs is 1. The van der Waals surface area contributed by atoms with Crippen molar-refractivity contribution >= 4 is 16.9 Å². The summed E-state index contributed by atoms with van der Waals surface area (Å²) in [5.74, 6) is -0.237. The van der Waals surface area contributed by atoms with E-state index in [9.17, 15) is 9.90 Å². The second-order valence-corrected chi connectivity index (χ2v) is 4.69. The second kappa shape index (κ2) is 5.20. The lowest BCUT2D eigenvalue weighted by Crippen LogP contribution is -1.95. The number of nitrogens with one attached hydrogen (secondary N) is 1. The van der Waals surface area contributed by atoms with Gasteiger partial charge in [-0.15, -0.1) is 0 Å². The van der Waals surface area contributed by atoms with Crippen LogP contribution in [0.15, 0.2) is 48.5 Å². The number of carboxylic acid groups (broad SMARTS) is 1. The van der Waals surface area contributed by atoms with Crippen LogP contribution in [0, 0.1) is 0 Å². The van der Waals surface area contributed by atoms with Gasteiger partial charge in [-0.1, -0.05) is 12.1 Å². The lowest BCUT2D eigenvalue weighted by Gasteiger charge is -2.04. The molecule has 0 radical (unpaired) electrons. The Morgan fingerprint density at radius 2 is 2.00 bits per heavy atom. The highest BCUT2D eigenvalue weighted by atomic mass is 16.5. The van der Waals surface area contributed by atoms with Gasteiger partial charge in [0.15, 0.2) is 0 Å². The third-order valence-electron chi connectivity index (χ3n) is 3.14. The van der Waals surface area contributed by atoms with Crippen LogP contribution in [0.1, 0.15) is 16.1 Å². The van der Waals surface area contributed by atoms with Crippen LogP contribution in [0.4, 0.5) is 0 Å². The maximum atomic E-state index is 10.9. The fourth-order valence-corrected chi connectivity index (χ4v) is 2.13. The van der Waals surface area contributed by atoms with Crippen molar-refractivity contribution in [2.75, 3.05) is 0 Å². The molecular formula is C16H13NO4. The Kier molecular flexibility index (Phi) is 3.23. The van der Waals surface area contributed by atoms with Crippen LogP contribution in [0.2, 0.25) is 0 Å². The summed E-state index contributed by atoms with van der Waals surface area (Å²) in [6.45, 7) is 0.306. The van der Waals surface area contributed by atoms with Gasteiger partial charge in [0.2, 0.25) is 0 Å². The first-order valence-electron chi connectivity index (χ1n) is 6.38. The molecule has 0 aliphatic carbocycles. The minimum absolute atomic E-state index is 0.148. The molecule has 0 spiro atoms. The van der Waals surface area contributed by atoms with Gasteiger partial charge in [-0.2, -0.15) is 0 Å². The third kappa shape index (κ3) is 2.81. The first-order valence-corrected chi connectivity index (χ1v) is 6.38. The Labute approximate surface area is 120 Å². The highest BCUT2D eigenvalue weighted by Crippen LogP contribution is 2.21. The van der Waals surface area contributed by atoms with E-state index in [0.29, 0.717) is 12.4 Å². The molecule has 0 atom stereocenters. The number of phenols is 1. The zero-order valence-electron chi connectivity index (χ0n) is 11.0. The number of rotatable bonds is 4. The van der Waals surface area contributed by atoms with E-state index in [1.807, 2.05) is 6.07 Å². The van der Waals surface area contributed by atoms with Gasteiger partial charge in [-0.3, -0.25) is 0 Å². The molecule has 3 rings (SSSR count). The summed E-state index contributed by atoms with van der Waals surface area (Å²) in [6.07, 6.45) is 0. The van der Waals surface area contributed by atoms with Gasteiger partial charge in [-0.05, 0) is 35.7 Å². The van der Waals surface area contributed by atoms with Crippen LogP contribution in [-0.4, -0.2) is 21.2 Å². The van der Waals surface area contributed by atoms with Crippen molar-refractivity contribution in [3.05, 3.63) is 59.8 Å². The minimum Gasteiger partial charge on any atom is -0.508 e. The molecule has 3 N–H and O–H groups in total. The van der Waals surface area contributed by atoms with Crippen LogP contribution < -0.4 is 4.74 Å². The molecule has 1 heterocycles. The van der Waals surface area contributed by atoms with Crippen molar-refractivity contribution in [3.8, 4) is 11.5 Å². The Bertz CT molecular complexity index is 807. The summed E-state index contributed by atoms with van der Waals surface area (Å²) in [5, 5.41) is 19.3. The smallest absolute Gasteiger partial charge is 0.335 e. The van der Waals surface area contributed by atoms with E-state index in [1.54, 1.807) is 36.4 Å². The summed E-state index contributed by atoms with van der Waals surface area (Å²) in [7, 11) is 0. The normalized spacial score (nSPS) is 10.7. The molecule has 0 amide bonds. The molecule has 0 aliphatic rings. The van der Waals surface area contributed by atoms with Crippen LogP contribution in [0.25, 0.3) is 10.9 Å². The van der Waals surface area contributed by atoms with E-state index in [1.165, 1.54) is 6.07 Å². The predicted octanol–water partition coefficient (Wildman–Crippen LogP) is 3.15. The number of carboxylic acids is 1. The molecule has 0 saturated heterocycles. The van der Waals surface area contributed by atoms with Gasteiger partial charge in [-0.25, -0.2) is 4.79 Å². The lowest BCUT2D eigenvalue weighted by atomic mass is 10.2. The van der Waals surface area contributed by atoms with E-state index < -0.39 is 5.97 Å². The molecule has 0 bridgehead atoms. The molecule has 0 fully saturated rings. The number of aromatic nitrogens is 1. The average molecular weight is 283 g/mol. The number of ether oxygens (including phenoxy) is 1. The van der Waals surface area contributed by atoms with Crippen molar-refractivity contribution in [3.63, 3.8) is 0 Å². The number of aromatic amines is 1. The Morgan fingerprint density at radius 1 is 1.14 bits per heavy atom. The maximum Gasteiger partial charge on any atom is 0.335 e. The average Bonchev–Trinajstić information content (AvgIpc) is 2.87. The van der Waals surface area contributed by atoms with E-state index >= 15 is 0 Å². The SMILES string of the molecule is O=C(O)c1ccc2cc(COc3cccc(O)c3)[nH]c2c1. The number of hydrogen-bond donors (Lipinski definition) is 3. The van der Waals surface area contributed by atoms with Gasteiger partial charge in [0.1, 0.15) is 18.1 Å². The molecule has 21 heavy (non-hydrogen) atoms. The Morgan fingerprint density at radius 3 is 2.76 bits per heavy atom. The van der Waals surface area contributed by atoms with Crippen LogP contribution in [0.3, 0.4) is 0 Å². The fraction of sp³-hybridized carbons (Fsp3) is 0.0625. The van der Waals surface area contributed by atoms with Crippen molar-refractivity contribution in [1.82, 2.24) is 4.98 Å². The summed E-state index contributed by atoms with van der Waals surface area (Å²) in [6, 6.07) is 13.4. The number of H-pyrrole nitrogens is 1. The van der Waals surface area contributed by atoms with Crippen molar-refractivity contribution in [1.29, 1.82) is 0 Å². The molecule has 1 aromatic heterocycles. The van der Waals surface area contributed by atoms with E-state index in [4.69, 9.17) is 9.84 Å². The van der Waals surface area contributed by atoms with Gasteiger partial charge in [0.25, 0.3) is 0 Å². The monoisotopic (exact) mass is 283 g/mol. The standard InChI is InChI=1S/C16H13NO4/c18-13-2-1-3-14(8-13)21-9-12-6-10-4-5-11(16(19)20)7-15(10)17-12/h1-8,17-18H,9H2,(H,19,20). The number of carbonyl (C=O) groups is 1.